The number of hydrogen-bond acceptors (Lipinski definition) is 5. The Kier molecular flexibility index (Phi) is 4.33. The number of anilines is 4. The van der Waals surface area contributed by atoms with E-state index >= 15 is 0 Å². The van der Waals surface area contributed by atoms with Gasteiger partial charge in [0.2, 0.25) is 5.95 Å². The van der Waals surface area contributed by atoms with Crippen molar-refractivity contribution >= 4 is 23.1 Å². The number of aromatic nitrogens is 3. The molecule has 1 aromatic heterocycles. The summed E-state index contributed by atoms with van der Waals surface area (Å²) in [6, 6.07) is 9.55. The molecule has 0 saturated heterocycles. The highest BCUT2D eigenvalue weighted by atomic mass is 19.1. The topological polar surface area (TPSA) is 62.7 Å². The highest BCUT2D eigenvalue weighted by Crippen LogP contribution is 2.22. The van der Waals surface area contributed by atoms with Gasteiger partial charge in [0.25, 0.3) is 0 Å². The number of rotatable bonds is 4. The van der Waals surface area contributed by atoms with Crippen molar-refractivity contribution in [3.63, 3.8) is 0 Å². The third kappa shape index (κ3) is 3.62. The average Bonchev–Trinajstić information content (AvgIpc) is 2.50. The van der Waals surface area contributed by atoms with Crippen molar-refractivity contribution in [1.82, 2.24) is 15.2 Å². The molecule has 0 saturated carbocycles. The highest BCUT2D eigenvalue weighted by molar-refractivity contribution is 5.60. The first-order valence-electron chi connectivity index (χ1n) is 7.27. The van der Waals surface area contributed by atoms with Crippen molar-refractivity contribution in [3.8, 4) is 0 Å². The molecule has 5 nitrogen and oxygen atoms in total. The second kappa shape index (κ2) is 6.57. The molecule has 3 rings (SSSR count). The van der Waals surface area contributed by atoms with E-state index < -0.39 is 11.6 Å². The number of hydrogen-bond donors (Lipinski definition) is 2. The van der Waals surface area contributed by atoms with Crippen LogP contribution in [0.5, 0.6) is 0 Å². The number of halogens is 2. The van der Waals surface area contributed by atoms with E-state index in [-0.39, 0.29) is 11.6 Å². The van der Waals surface area contributed by atoms with Gasteiger partial charge in [0.05, 0.1) is 6.20 Å². The summed E-state index contributed by atoms with van der Waals surface area (Å²) in [5, 5.41) is 13.2. The molecule has 2 N–H and O–H groups in total. The Labute approximate surface area is 137 Å². The van der Waals surface area contributed by atoms with Crippen molar-refractivity contribution < 1.29 is 8.78 Å². The Morgan fingerprint density at radius 2 is 1.58 bits per heavy atom. The van der Waals surface area contributed by atoms with Gasteiger partial charge in [-0.25, -0.2) is 8.78 Å². The quantitative estimate of drug-likeness (QED) is 0.750. The summed E-state index contributed by atoms with van der Waals surface area (Å²) in [5.41, 5.74) is 2.73. The summed E-state index contributed by atoms with van der Waals surface area (Å²) in [5.74, 6) is -1.06. The van der Waals surface area contributed by atoms with Crippen LogP contribution in [0.2, 0.25) is 0 Å². The number of benzene rings is 2. The van der Waals surface area contributed by atoms with Crippen molar-refractivity contribution in [3.05, 3.63) is 65.4 Å². The van der Waals surface area contributed by atoms with Crippen LogP contribution in [0.1, 0.15) is 11.1 Å². The Morgan fingerprint density at radius 1 is 0.917 bits per heavy atom. The van der Waals surface area contributed by atoms with Crippen molar-refractivity contribution in [2.24, 2.45) is 0 Å². The number of aryl methyl sites for hydroxylation is 2. The van der Waals surface area contributed by atoms with Crippen LogP contribution < -0.4 is 10.6 Å². The van der Waals surface area contributed by atoms with Crippen LogP contribution >= 0.6 is 0 Å². The molecule has 3 aromatic rings. The fourth-order valence-corrected chi connectivity index (χ4v) is 2.34. The highest BCUT2D eigenvalue weighted by Gasteiger charge is 2.10. The zero-order valence-electron chi connectivity index (χ0n) is 13.1. The van der Waals surface area contributed by atoms with E-state index in [1.165, 1.54) is 12.3 Å². The Hall–Kier alpha value is -3.09. The van der Waals surface area contributed by atoms with E-state index in [9.17, 15) is 8.78 Å². The number of nitrogens with one attached hydrogen (secondary N) is 2. The summed E-state index contributed by atoms with van der Waals surface area (Å²) >= 11 is 0. The lowest BCUT2D eigenvalue weighted by molar-refractivity contribution is 0.590. The van der Waals surface area contributed by atoms with Gasteiger partial charge in [-0.1, -0.05) is 12.1 Å². The molecule has 122 valence electrons. The summed E-state index contributed by atoms with van der Waals surface area (Å²) in [4.78, 5) is 4.18. The minimum Gasteiger partial charge on any atom is -0.339 e. The van der Waals surface area contributed by atoms with E-state index in [4.69, 9.17) is 0 Å². The van der Waals surface area contributed by atoms with Crippen LogP contribution in [0.15, 0.2) is 42.6 Å². The molecule has 0 atom stereocenters. The summed E-state index contributed by atoms with van der Waals surface area (Å²) < 4.78 is 27.4. The summed E-state index contributed by atoms with van der Waals surface area (Å²) in [6.45, 7) is 3.98. The zero-order valence-corrected chi connectivity index (χ0v) is 13.1. The fraction of sp³-hybridized carbons (Fsp3) is 0.118. The second-order valence-electron chi connectivity index (χ2n) is 5.39. The molecule has 2 aromatic carbocycles. The predicted octanol–water partition coefficient (Wildman–Crippen LogP) is 4.25. The molecule has 0 unspecified atom stereocenters. The smallest absolute Gasteiger partial charge is 0.249 e. The summed E-state index contributed by atoms with van der Waals surface area (Å²) in [6.07, 6.45) is 1.43. The van der Waals surface area contributed by atoms with E-state index in [1.54, 1.807) is 0 Å². The van der Waals surface area contributed by atoms with Gasteiger partial charge >= 0.3 is 0 Å². The second-order valence-corrected chi connectivity index (χ2v) is 5.39. The first-order valence-corrected chi connectivity index (χ1v) is 7.27. The average molecular weight is 327 g/mol. The van der Waals surface area contributed by atoms with Gasteiger partial charge in [0.1, 0.15) is 17.3 Å². The molecular weight excluding hydrogens is 312 g/mol. The first kappa shape index (κ1) is 15.8. The normalized spacial score (nSPS) is 10.5. The molecule has 7 heteroatoms. The van der Waals surface area contributed by atoms with Gasteiger partial charge in [0.15, 0.2) is 5.82 Å². The van der Waals surface area contributed by atoms with Crippen molar-refractivity contribution in [2.75, 3.05) is 10.6 Å². The van der Waals surface area contributed by atoms with Crippen LogP contribution in [-0.2, 0) is 0 Å². The molecule has 0 aliphatic carbocycles. The standard InChI is InChI=1S/C17H15F2N5/c1-10-6-11(2)8-12(7-10)21-15-9-20-24-17(22-15)23-16-13(18)4-3-5-14(16)19/h3-9H,1-2H3,(H2,21,22,23,24). The van der Waals surface area contributed by atoms with Crippen LogP contribution in [0.4, 0.5) is 31.9 Å². The molecule has 0 spiro atoms. The molecule has 0 radical (unpaired) electrons. The van der Waals surface area contributed by atoms with E-state index in [0.717, 1.165) is 28.9 Å². The molecule has 0 amide bonds. The minimum atomic E-state index is -0.730. The Balaban J connectivity index is 1.84. The van der Waals surface area contributed by atoms with Crippen LogP contribution in [0, 0.1) is 25.5 Å². The van der Waals surface area contributed by atoms with Gasteiger partial charge in [-0.3, -0.25) is 0 Å². The van der Waals surface area contributed by atoms with Crippen LogP contribution in [0.25, 0.3) is 0 Å². The number of para-hydroxylation sites is 1. The molecule has 0 aliphatic heterocycles. The fourth-order valence-electron chi connectivity index (χ4n) is 2.34. The Bertz CT molecular complexity index is 842. The maximum absolute atomic E-state index is 13.7. The van der Waals surface area contributed by atoms with Gasteiger partial charge in [0, 0.05) is 5.69 Å². The van der Waals surface area contributed by atoms with E-state index in [2.05, 4.69) is 31.9 Å². The third-order valence-corrected chi connectivity index (χ3v) is 3.25. The van der Waals surface area contributed by atoms with Crippen molar-refractivity contribution in [2.45, 2.75) is 13.8 Å². The lowest BCUT2D eigenvalue weighted by Crippen LogP contribution is -2.05. The van der Waals surface area contributed by atoms with Crippen LogP contribution in [-0.4, -0.2) is 15.2 Å². The van der Waals surface area contributed by atoms with E-state index in [0.29, 0.717) is 5.82 Å². The molecule has 0 bridgehead atoms. The lowest BCUT2D eigenvalue weighted by Gasteiger charge is -2.10. The summed E-state index contributed by atoms with van der Waals surface area (Å²) in [7, 11) is 0. The van der Waals surface area contributed by atoms with Gasteiger partial charge < -0.3 is 10.6 Å². The number of nitrogens with zero attached hydrogens (tertiary/aromatic N) is 3. The predicted molar refractivity (Wildman–Crippen MR) is 88.7 cm³/mol. The minimum absolute atomic E-state index is 0.00613. The van der Waals surface area contributed by atoms with Crippen LogP contribution in [0.3, 0.4) is 0 Å². The first-order chi connectivity index (χ1) is 11.5. The molecule has 1 heterocycles. The molecular formula is C17H15F2N5. The largest absolute Gasteiger partial charge is 0.339 e. The Morgan fingerprint density at radius 3 is 2.25 bits per heavy atom. The van der Waals surface area contributed by atoms with Gasteiger partial charge in [-0.2, -0.15) is 10.1 Å². The van der Waals surface area contributed by atoms with E-state index in [1.807, 2.05) is 26.0 Å². The maximum Gasteiger partial charge on any atom is 0.249 e. The van der Waals surface area contributed by atoms with Gasteiger partial charge in [-0.05, 0) is 49.2 Å². The van der Waals surface area contributed by atoms with Crippen molar-refractivity contribution in [1.29, 1.82) is 0 Å². The SMILES string of the molecule is Cc1cc(C)cc(Nc2cnnc(Nc3c(F)cccc3F)n2)c1. The maximum atomic E-state index is 13.7. The lowest BCUT2D eigenvalue weighted by atomic mass is 10.1. The molecule has 0 aliphatic rings. The third-order valence-electron chi connectivity index (χ3n) is 3.25. The molecule has 0 fully saturated rings. The zero-order chi connectivity index (χ0) is 17.1. The monoisotopic (exact) mass is 327 g/mol. The molecule has 24 heavy (non-hydrogen) atoms. The van der Waals surface area contributed by atoms with Gasteiger partial charge in [-0.15, -0.1) is 5.10 Å².